The molecule has 12 heteroatoms. The van der Waals surface area contributed by atoms with Crippen molar-refractivity contribution in [3.05, 3.63) is 128 Å². The Hall–Kier alpha value is -3.99. The number of nitrogens with one attached hydrogen (secondary N) is 1. The molecule has 1 aromatic heterocycles. The molecule has 1 fully saturated rings. The molecule has 1 N–H and O–H groups in total. The molecular formula is C38H47N2O9P. The third-order valence-electron chi connectivity index (χ3n) is 8.72. The predicted molar refractivity (Wildman–Crippen MR) is 191 cm³/mol. The smallest absolute Gasteiger partial charge is 0.330 e. The maximum atomic E-state index is 13.5. The minimum Gasteiger partial charge on any atom is -0.497 e. The highest BCUT2D eigenvalue weighted by Gasteiger charge is 2.45. The lowest BCUT2D eigenvalue weighted by atomic mass is 9.79. The fourth-order valence-electron chi connectivity index (χ4n) is 6.39. The second-order valence-corrected chi connectivity index (χ2v) is 14.8. The summed E-state index contributed by atoms with van der Waals surface area (Å²) in [6, 6.07) is 23.8. The van der Waals surface area contributed by atoms with Crippen molar-refractivity contribution in [3.63, 3.8) is 0 Å². The molecule has 2 unspecified atom stereocenters. The molecule has 5 rings (SSSR count). The molecule has 4 atom stereocenters. The number of aromatic nitrogens is 2. The summed E-state index contributed by atoms with van der Waals surface area (Å²) in [4.78, 5) is 27.4. The lowest BCUT2D eigenvalue weighted by Gasteiger charge is -2.37. The summed E-state index contributed by atoms with van der Waals surface area (Å²) in [5.74, 6) is 1.38. The van der Waals surface area contributed by atoms with Crippen molar-refractivity contribution in [2.45, 2.75) is 77.1 Å². The van der Waals surface area contributed by atoms with E-state index in [1.54, 1.807) is 35.0 Å². The third kappa shape index (κ3) is 8.30. The zero-order valence-corrected chi connectivity index (χ0v) is 30.6. The van der Waals surface area contributed by atoms with Crippen molar-refractivity contribution in [3.8, 4) is 11.5 Å². The van der Waals surface area contributed by atoms with Gasteiger partial charge in [0.25, 0.3) is 5.56 Å². The summed E-state index contributed by atoms with van der Waals surface area (Å²) >= 11 is 0. The number of hydrogen-bond donors (Lipinski definition) is 1. The number of ether oxygens (including phenoxy) is 4. The number of methoxy groups -OCH3 is 2. The van der Waals surface area contributed by atoms with E-state index in [2.05, 4.69) is 36.2 Å². The Kier molecular flexibility index (Phi) is 11.9. The van der Waals surface area contributed by atoms with E-state index in [1.807, 2.05) is 48.5 Å². The summed E-state index contributed by atoms with van der Waals surface area (Å²) in [6.45, 7) is 8.70. The highest BCUT2D eigenvalue weighted by Crippen LogP contribution is 2.50. The van der Waals surface area contributed by atoms with E-state index < -0.39 is 42.9 Å². The van der Waals surface area contributed by atoms with Crippen molar-refractivity contribution < 1.29 is 32.6 Å². The number of nitrogens with zero attached hydrogens (tertiary/aromatic N) is 1. The van der Waals surface area contributed by atoms with Gasteiger partial charge in [-0.05, 0) is 73.7 Å². The van der Waals surface area contributed by atoms with Gasteiger partial charge in [0.1, 0.15) is 29.4 Å². The molecule has 11 nitrogen and oxygen atoms in total. The van der Waals surface area contributed by atoms with Gasteiger partial charge in [-0.15, -0.1) is 0 Å². The summed E-state index contributed by atoms with van der Waals surface area (Å²) < 4.78 is 51.3. The summed E-state index contributed by atoms with van der Waals surface area (Å²) in [5, 5.41) is 0. The fourth-order valence-corrected chi connectivity index (χ4v) is 7.92. The van der Waals surface area contributed by atoms with Crippen molar-refractivity contribution in [2.75, 3.05) is 27.5 Å². The first-order valence-electron chi connectivity index (χ1n) is 16.8. The van der Waals surface area contributed by atoms with Gasteiger partial charge >= 0.3 is 13.3 Å². The summed E-state index contributed by atoms with van der Waals surface area (Å²) in [6.07, 6.45) is 0.802. The van der Waals surface area contributed by atoms with Crippen LogP contribution in [0.25, 0.3) is 0 Å². The maximum absolute atomic E-state index is 13.5. The zero-order chi connectivity index (χ0) is 36.1. The topological polar surface area (TPSA) is 127 Å². The Morgan fingerprint density at radius 1 is 0.920 bits per heavy atom. The summed E-state index contributed by atoms with van der Waals surface area (Å²) in [7, 11) is -0.323. The van der Waals surface area contributed by atoms with Gasteiger partial charge in [0.2, 0.25) is 0 Å². The first-order chi connectivity index (χ1) is 23.9. The Balaban J connectivity index is 1.61. The minimum atomic E-state index is -3.56. The zero-order valence-electron chi connectivity index (χ0n) is 29.7. The largest absolute Gasteiger partial charge is 0.497 e. The van der Waals surface area contributed by atoms with Crippen LogP contribution in [-0.2, 0) is 35.1 Å². The Morgan fingerprint density at radius 3 is 1.96 bits per heavy atom. The van der Waals surface area contributed by atoms with Crippen LogP contribution in [0.1, 0.15) is 67.7 Å². The number of aromatic amines is 1. The quantitative estimate of drug-likeness (QED) is 0.106. The summed E-state index contributed by atoms with van der Waals surface area (Å²) in [5.41, 5.74) is 1.82. The normalized spacial score (nSPS) is 19.0. The van der Waals surface area contributed by atoms with Crippen LogP contribution in [0, 0.1) is 6.92 Å². The van der Waals surface area contributed by atoms with Gasteiger partial charge in [-0.2, -0.15) is 0 Å². The molecule has 2 heterocycles. The second kappa shape index (κ2) is 15.9. The molecule has 0 amide bonds. The van der Waals surface area contributed by atoms with Gasteiger partial charge in [-0.3, -0.25) is 18.9 Å². The average Bonchev–Trinajstić information content (AvgIpc) is 3.48. The van der Waals surface area contributed by atoms with Crippen molar-refractivity contribution in [2.24, 2.45) is 0 Å². The number of aryl methyl sites for hydroxylation is 2. The fraction of sp³-hybridized carbons (Fsp3) is 0.421. The van der Waals surface area contributed by atoms with Gasteiger partial charge in [-0.25, -0.2) is 4.79 Å². The molecule has 4 aromatic rings. The number of H-pyrrole nitrogens is 1. The molecule has 0 radical (unpaired) electrons. The SMILES string of the molecule is CCCc1ccc(C(OC[C@H]2O[C@@H](n3cc(C)c(=O)[nH]c3=O)CC2OP(C)(=O)OC(C)C)(c2ccc(OC)cc2)c2ccc(OC)cc2)cc1. The van der Waals surface area contributed by atoms with Crippen LogP contribution in [0.2, 0.25) is 0 Å². The van der Waals surface area contributed by atoms with Gasteiger partial charge in [-0.1, -0.05) is 61.9 Å². The van der Waals surface area contributed by atoms with Gasteiger partial charge in [0.15, 0.2) is 0 Å². The van der Waals surface area contributed by atoms with E-state index in [4.69, 9.17) is 28.0 Å². The lowest BCUT2D eigenvalue weighted by Crippen LogP contribution is -2.38. The van der Waals surface area contributed by atoms with Crippen molar-refractivity contribution in [1.82, 2.24) is 9.55 Å². The Morgan fingerprint density at radius 2 is 1.46 bits per heavy atom. The van der Waals surface area contributed by atoms with Crippen molar-refractivity contribution in [1.29, 1.82) is 0 Å². The highest BCUT2D eigenvalue weighted by molar-refractivity contribution is 7.53. The Labute approximate surface area is 293 Å². The van der Waals surface area contributed by atoms with Crippen LogP contribution in [-0.4, -0.2) is 55.4 Å². The van der Waals surface area contributed by atoms with Gasteiger partial charge in [0, 0.05) is 24.8 Å². The lowest BCUT2D eigenvalue weighted by molar-refractivity contribution is -0.0927. The molecule has 268 valence electrons. The molecule has 0 aliphatic carbocycles. The predicted octanol–water partition coefficient (Wildman–Crippen LogP) is 6.74. The molecule has 1 aliphatic heterocycles. The van der Waals surface area contributed by atoms with E-state index in [0.29, 0.717) is 17.1 Å². The molecule has 50 heavy (non-hydrogen) atoms. The molecule has 1 aliphatic rings. The first-order valence-corrected chi connectivity index (χ1v) is 18.8. The third-order valence-corrected chi connectivity index (χ3v) is 10.2. The van der Waals surface area contributed by atoms with Gasteiger partial charge < -0.3 is 28.0 Å². The number of rotatable bonds is 15. The highest BCUT2D eigenvalue weighted by atomic mass is 31.2. The van der Waals surface area contributed by atoms with Crippen LogP contribution in [0.3, 0.4) is 0 Å². The van der Waals surface area contributed by atoms with Crippen LogP contribution < -0.4 is 20.7 Å². The standard InChI is InChI=1S/C38H47N2O9P/c1-8-9-27-10-12-28(13-11-27)38(29-14-18-31(44-5)19-15-29,30-16-20-32(45-6)21-17-30)46-24-34-33(49-50(7,43)48-25(2)3)22-35(47-34)40-23-26(4)36(41)39-37(40)42/h10-21,23,25,33-35H,8-9,22,24H2,1-7H3,(H,39,41,42)/t33?,34-,35-,50?/m1/s1. The number of hydrogen-bond acceptors (Lipinski definition) is 9. The van der Waals surface area contributed by atoms with E-state index in [0.717, 1.165) is 29.5 Å². The van der Waals surface area contributed by atoms with Crippen LogP contribution in [0.5, 0.6) is 11.5 Å². The van der Waals surface area contributed by atoms with Crippen molar-refractivity contribution >= 4 is 7.60 Å². The molecule has 1 saturated heterocycles. The first kappa shape index (κ1) is 37.3. The second-order valence-electron chi connectivity index (χ2n) is 12.8. The monoisotopic (exact) mass is 706 g/mol. The molecule has 0 bridgehead atoms. The molecular weight excluding hydrogens is 659 g/mol. The van der Waals surface area contributed by atoms with E-state index in [1.165, 1.54) is 23.0 Å². The van der Waals surface area contributed by atoms with E-state index in [9.17, 15) is 14.2 Å². The maximum Gasteiger partial charge on any atom is 0.330 e. The van der Waals surface area contributed by atoms with Crippen LogP contribution >= 0.6 is 7.60 Å². The van der Waals surface area contributed by atoms with Crippen LogP contribution in [0.4, 0.5) is 0 Å². The molecule has 0 saturated carbocycles. The van der Waals surface area contributed by atoms with E-state index >= 15 is 0 Å². The number of benzene rings is 3. The van der Waals surface area contributed by atoms with E-state index in [-0.39, 0.29) is 19.1 Å². The van der Waals surface area contributed by atoms with Gasteiger partial charge in [0.05, 0.1) is 33.0 Å². The Bertz CT molecular complexity index is 1840. The molecule has 3 aromatic carbocycles. The van der Waals surface area contributed by atoms with Crippen LogP contribution in [0.15, 0.2) is 88.6 Å². The molecule has 0 spiro atoms. The average molecular weight is 707 g/mol. The minimum absolute atomic E-state index is 0.0330.